The first-order valence-electron chi connectivity index (χ1n) is 6.79. The third-order valence-corrected chi connectivity index (χ3v) is 2.87. The maximum absolute atomic E-state index is 13.5. The number of ether oxygens (including phenoxy) is 1. The van der Waals surface area contributed by atoms with E-state index in [-0.39, 0.29) is 11.6 Å². The Morgan fingerprint density at radius 1 is 1.21 bits per heavy atom. The van der Waals surface area contributed by atoms with Crippen LogP contribution < -0.4 is 15.4 Å². The van der Waals surface area contributed by atoms with Crippen LogP contribution in [0.1, 0.15) is 26.3 Å². The van der Waals surface area contributed by atoms with Gasteiger partial charge in [0.15, 0.2) is 11.6 Å². The van der Waals surface area contributed by atoms with Crippen molar-refractivity contribution >= 4 is 0 Å². The van der Waals surface area contributed by atoms with Crippen molar-refractivity contribution in [3.63, 3.8) is 0 Å². The zero-order chi connectivity index (χ0) is 14.3. The Morgan fingerprint density at radius 3 is 2.53 bits per heavy atom. The summed E-state index contributed by atoms with van der Waals surface area (Å²) in [4.78, 5) is 0. The molecule has 4 heteroatoms. The number of hydrogen-bond donors (Lipinski definition) is 2. The van der Waals surface area contributed by atoms with Gasteiger partial charge in [0.25, 0.3) is 0 Å². The highest BCUT2D eigenvalue weighted by molar-refractivity contribution is 5.29. The molecule has 1 atom stereocenters. The van der Waals surface area contributed by atoms with E-state index in [4.69, 9.17) is 4.74 Å². The van der Waals surface area contributed by atoms with E-state index in [1.54, 1.807) is 6.07 Å². The lowest BCUT2D eigenvalue weighted by Gasteiger charge is -2.16. The molecule has 3 nitrogen and oxygen atoms in total. The van der Waals surface area contributed by atoms with Gasteiger partial charge in [-0.3, -0.25) is 0 Å². The van der Waals surface area contributed by atoms with Gasteiger partial charge in [-0.2, -0.15) is 0 Å². The minimum atomic E-state index is -0.313. The fourth-order valence-corrected chi connectivity index (χ4v) is 1.77. The molecular weight excluding hydrogens is 243 g/mol. The monoisotopic (exact) mass is 268 g/mol. The molecule has 0 aliphatic carbocycles. The van der Waals surface area contributed by atoms with Crippen LogP contribution in [0.15, 0.2) is 18.2 Å². The van der Waals surface area contributed by atoms with Crippen molar-refractivity contribution in [1.82, 2.24) is 10.6 Å². The number of methoxy groups -OCH3 is 1. The van der Waals surface area contributed by atoms with Gasteiger partial charge in [-0.05, 0) is 37.1 Å². The first kappa shape index (κ1) is 15.9. The van der Waals surface area contributed by atoms with E-state index in [0.29, 0.717) is 18.5 Å². The molecule has 0 saturated heterocycles. The summed E-state index contributed by atoms with van der Waals surface area (Å²) in [6.07, 6.45) is 0. The van der Waals surface area contributed by atoms with E-state index in [2.05, 4.69) is 31.4 Å². The molecular formula is C15H25FN2O. The molecule has 0 aliphatic rings. The number of hydrogen-bond acceptors (Lipinski definition) is 3. The van der Waals surface area contributed by atoms with Crippen LogP contribution in [0.3, 0.4) is 0 Å². The smallest absolute Gasteiger partial charge is 0.165 e. The molecule has 2 N–H and O–H groups in total. The Kier molecular flexibility index (Phi) is 6.81. The standard InChI is InChI=1S/C15H25FN2O/c1-11(2)8-17-9-12(3)18-10-13-5-6-15(19-4)14(16)7-13/h5-7,11-12,17-18H,8-10H2,1-4H3. The maximum atomic E-state index is 13.5. The van der Waals surface area contributed by atoms with Gasteiger partial charge in [0.2, 0.25) is 0 Å². The molecule has 0 bridgehead atoms. The van der Waals surface area contributed by atoms with E-state index >= 15 is 0 Å². The van der Waals surface area contributed by atoms with Crippen molar-refractivity contribution in [2.45, 2.75) is 33.4 Å². The summed E-state index contributed by atoms with van der Waals surface area (Å²) in [5.74, 6) is 0.630. The van der Waals surface area contributed by atoms with Gasteiger partial charge < -0.3 is 15.4 Å². The lowest BCUT2D eigenvalue weighted by atomic mass is 10.2. The summed E-state index contributed by atoms with van der Waals surface area (Å²) in [7, 11) is 1.47. The van der Waals surface area contributed by atoms with Gasteiger partial charge in [-0.1, -0.05) is 19.9 Å². The third-order valence-electron chi connectivity index (χ3n) is 2.87. The Balaban J connectivity index is 2.33. The number of rotatable bonds is 8. The first-order chi connectivity index (χ1) is 9.02. The molecule has 1 aromatic carbocycles. The summed E-state index contributed by atoms with van der Waals surface area (Å²) in [5, 5.41) is 6.76. The van der Waals surface area contributed by atoms with Crippen molar-refractivity contribution in [2.24, 2.45) is 5.92 Å². The predicted octanol–water partition coefficient (Wildman–Crippen LogP) is 2.56. The van der Waals surface area contributed by atoms with E-state index in [1.165, 1.54) is 13.2 Å². The summed E-state index contributed by atoms with van der Waals surface area (Å²) in [5.41, 5.74) is 0.925. The van der Waals surface area contributed by atoms with Crippen LogP contribution in [0.25, 0.3) is 0 Å². The normalized spacial score (nSPS) is 12.7. The summed E-state index contributed by atoms with van der Waals surface area (Å²) < 4.78 is 18.4. The second-order valence-corrected chi connectivity index (χ2v) is 5.30. The number of nitrogens with one attached hydrogen (secondary N) is 2. The average molecular weight is 268 g/mol. The van der Waals surface area contributed by atoms with Gasteiger partial charge in [0.05, 0.1) is 7.11 Å². The van der Waals surface area contributed by atoms with Gasteiger partial charge in [0.1, 0.15) is 0 Å². The molecule has 0 amide bonds. The van der Waals surface area contributed by atoms with Crippen molar-refractivity contribution in [3.05, 3.63) is 29.6 Å². The minimum absolute atomic E-state index is 0.287. The molecule has 108 valence electrons. The Morgan fingerprint density at radius 2 is 1.95 bits per heavy atom. The molecule has 0 fully saturated rings. The van der Waals surface area contributed by atoms with Crippen LogP contribution in [0.5, 0.6) is 5.75 Å². The van der Waals surface area contributed by atoms with Gasteiger partial charge in [-0.25, -0.2) is 4.39 Å². The molecule has 0 spiro atoms. The highest BCUT2D eigenvalue weighted by atomic mass is 19.1. The van der Waals surface area contributed by atoms with E-state index in [0.717, 1.165) is 18.7 Å². The maximum Gasteiger partial charge on any atom is 0.165 e. The average Bonchev–Trinajstić information content (AvgIpc) is 2.36. The van der Waals surface area contributed by atoms with Crippen molar-refractivity contribution in [2.75, 3.05) is 20.2 Å². The predicted molar refractivity (Wildman–Crippen MR) is 77.0 cm³/mol. The molecule has 0 radical (unpaired) electrons. The van der Waals surface area contributed by atoms with Gasteiger partial charge >= 0.3 is 0 Å². The molecule has 0 heterocycles. The molecule has 19 heavy (non-hydrogen) atoms. The number of benzene rings is 1. The summed E-state index contributed by atoms with van der Waals surface area (Å²) >= 11 is 0. The molecule has 1 unspecified atom stereocenters. The quantitative estimate of drug-likeness (QED) is 0.760. The molecule has 0 aromatic heterocycles. The lowest BCUT2D eigenvalue weighted by Crippen LogP contribution is -2.37. The van der Waals surface area contributed by atoms with E-state index in [1.807, 2.05) is 6.07 Å². The minimum Gasteiger partial charge on any atom is -0.494 e. The molecule has 1 rings (SSSR count). The summed E-state index contributed by atoms with van der Waals surface area (Å²) in [6.45, 7) is 9.08. The topological polar surface area (TPSA) is 33.3 Å². The molecule has 1 aromatic rings. The largest absolute Gasteiger partial charge is 0.494 e. The third kappa shape index (κ3) is 6.03. The van der Waals surface area contributed by atoms with Crippen LogP contribution in [0.2, 0.25) is 0 Å². The Hall–Kier alpha value is -1.13. The first-order valence-corrected chi connectivity index (χ1v) is 6.79. The fraction of sp³-hybridized carbons (Fsp3) is 0.600. The summed E-state index contributed by atoms with van der Waals surface area (Å²) in [6, 6.07) is 5.40. The SMILES string of the molecule is COc1ccc(CNC(C)CNCC(C)C)cc1F. The van der Waals surface area contributed by atoms with Crippen LogP contribution >= 0.6 is 0 Å². The highest BCUT2D eigenvalue weighted by Crippen LogP contribution is 2.17. The lowest BCUT2D eigenvalue weighted by molar-refractivity contribution is 0.386. The van der Waals surface area contributed by atoms with Crippen LogP contribution in [-0.4, -0.2) is 26.2 Å². The van der Waals surface area contributed by atoms with Gasteiger partial charge in [0, 0.05) is 19.1 Å². The van der Waals surface area contributed by atoms with Crippen molar-refractivity contribution < 1.29 is 9.13 Å². The molecule has 0 aliphatic heterocycles. The Bertz CT molecular complexity index is 382. The zero-order valence-electron chi connectivity index (χ0n) is 12.3. The van der Waals surface area contributed by atoms with E-state index < -0.39 is 0 Å². The van der Waals surface area contributed by atoms with Crippen LogP contribution in [0, 0.1) is 11.7 Å². The van der Waals surface area contributed by atoms with Crippen LogP contribution in [-0.2, 0) is 6.54 Å². The second kappa shape index (κ2) is 8.12. The Labute approximate surface area is 115 Å². The molecule has 0 saturated carbocycles. The zero-order valence-corrected chi connectivity index (χ0v) is 12.3. The van der Waals surface area contributed by atoms with Crippen molar-refractivity contribution in [1.29, 1.82) is 0 Å². The van der Waals surface area contributed by atoms with Crippen molar-refractivity contribution in [3.8, 4) is 5.75 Å². The van der Waals surface area contributed by atoms with E-state index in [9.17, 15) is 4.39 Å². The fourth-order valence-electron chi connectivity index (χ4n) is 1.77. The highest BCUT2D eigenvalue weighted by Gasteiger charge is 2.05. The van der Waals surface area contributed by atoms with Crippen LogP contribution in [0.4, 0.5) is 4.39 Å². The number of halogens is 1. The second-order valence-electron chi connectivity index (χ2n) is 5.30. The van der Waals surface area contributed by atoms with Gasteiger partial charge in [-0.15, -0.1) is 0 Å².